The second-order valence-electron chi connectivity index (χ2n) is 4.66. The second-order valence-corrected chi connectivity index (χ2v) is 4.66. The quantitative estimate of drug-likeness (QED) is 0.838. The third kappa shape index (κ3) is 2.56. The highest BCUT2D eigenvalue weighted by molar-refractivity contribution is 5.49. The van der Waals surface area contributed by atoms with Crippen LogP contribution in [0.5, 0.6) is 0 Å². The molecule has 1 aliphatic heterocycles. The van der Waals surface area contributed by atoms with E-state index in [9.17, 15) is 0 Å². The molecule has 1 saturated heterocycles. The Morgan fingerprint density at radius 1 is 1.31 bits per heavy atom. The van der Waals surface area contributed by atoms with Crippen molar-refractivity contribution in [2.75, 3.05) is 24.5 Å². The number of piperazine rings is 1. The summed E-state index contributed by atoms with van der Waals surface area (Å²) in [5, 5.41) is 3.42. The van der Waals surface area contributed by atoms with E-state index in [1.54, 1.807) is 0 Å². The number of aryl methyl sites for hydroxylation is 1. The number of hydrogen-bond acceptors (Lipinski definition) is 2. The van der Waals surface area contributed by atoms with Crippen molar-refractivity contribution in [2.45, 2.75) is 32.7 Å². The third-order valence-electron chi connectivity index (χ3n) is 3.31. The summed E-state index contributed by atoms with van der Waals surface area (Å²) in [5.41, 5.74) is 2.82. The van der Waals surface area contributed by atoms with Gasteiger partial charge in [-0.2, -0.15) is 0 Å². The zero-order valence-corrected chi connectivity index (χ0v) is 10.4. The molecule has 1 unspecified atom stereocenters. The Balaban J connectivity index is 2.08. The topological polar surface area (TPSA) is 15.3 Å². The first-order valence-electron chi connectivity index (χ1n) is 6.37. The van der Waals surface area contributed by atoms with Gasteiger partial charge in [0.25, 0.3) is 0 Å². The molecule has 1 N–H and O–H groups in total. The Morgan fingerprint density at radius 3 is 2.69 bits per heavy atom. The predicted molar refractivity (Wildman–Crippen MR) is 70.1 cm³/mol. The van der Waals surface area contributed by atoms with Crippen LogP contribution in [0, 0.1) is 0 Å². The monoisotopic (exact) mass is 218 g/mol. The molecule has 1 atom stereocenters. The lowest BCUT2D eigenvalue weighted by atomic mass is 10.1. The summed E-state index contributed by atoms with van der Waals surface area (Å²) in [6.45, 7) is 7.82. The first-order valence-corrected chi connectivity index (χ1v) is 6.37. The molecule has 0 radical (unpaired) electrons. The zero-order chi connectivity index (χ0) is 11.4. The molecule has 0 bridgehead atoms. The molecule has 0 aliphatic carbocycles. The first kappa shape index (κ1) is 11.5. The van der Waals surface area contributed by atoms with Gasteiger partial charge < -0.3 is 10.2 Å². The minimum absolute atomic E-state index is 0.603. The zero-order valence-electron chi connectivity index (χ0n) is 10.4. The van der Waals surface area contributed by atoms with Gasteiger partial charge in [0, 0.05) is 31.4 Å². The van der Waals surface area contributed by atoms with Crippen molar-refractivity contribution in [3.05, 3.63) is 29.8 Å². The van der Waals surface area contributed by atoms with Crippen molar-refractivity contribution in [1.82, 2.24) is 5.32 Å². The minimum atomic E-state index is 0.603. The van der Waals surface area contributed by atoms with Gasteiger partial charge in [-0.05, 0) is 31.0 Å². The maximum atomic E-state index is 3.42. The largest absolute Gasteiger partial charge is 0.366 e. The van der Waals surface area contributed by atoms with Crippen LogP contribution in [0.2, 0.25) is 0 Å². The van der Waals surface area contributed by atoms with Gasteiger partial charge in [0.2, 0.25) is 0 Å². The van der Waals surface area contributed by atoms with Gasteiger partial charge in [0.15, 0.2) is 0 Å². The van der Waals surface area contributed by atoms with E-state index < -0.39 is 0 Å². The standard InChI is InChI=1S/C14H22N2/c1-3-4-13-5-7-14(8-6-13)16-10-9-15-11-12(16)2/h5-8,12,15H,3-4,9-11H2,1-2H3. The summed E-state index contributed by atoms with van der Waals surface area (Å²) < 4.78 is 0. The van der Waals surface area contributed by atoms with Crippen molar-refractivity contribution in [1.29, 1.82) is 0 Å². The van der Waals surface area contributed by atoms with Gasteiger partial charge in [-0.1, -0.05) is 25.5 Å². The molecule has 2 heteroatoms. The SMILES string of the molecule is CCCc1ccc(N2CCNCC2C)cc1. The van der Waals surface area contributed by atoms with Gasteiger partial charge in [-0.25, -0.2) is 0 Å². The molecule has 2 nitrogen and oxygen atoms in total. The second kappa shape index (κ2) is 5.35. The van der Waals surface area contributed by atoms with E-state index in [-0.39, 0.29) is 0 Å². The molecule has 0 saturated carbocycles. The van der Waals surface area contributed by atoms with Crippen LogP contribution in [0.25, 0.3) is 0 Å². The summed E-state index contributed by atoms with van der Waals surface area (Å²) in [5.74, 6) is 0. The van der Waals surface area contributed by atoms with Crippen molar-refractivity contribution in [3.63, 3.8) is 0 Å². The summed E-state index contributed by atoms with van der Waals surface area (Å²) in [6, 6.07) is 9.69. The molecular formula is C14H22N2. The van der Waals surface area contributed by atoms with Crippen LogP contribution in [-0.2, 0) is 6.42 Å². The van der Waals surface area contributed by atoms with Gasteiger partial charge in [-0.15, -0.1) is 0 Å². The van der Waals surface area contributed by atoms with Crippen molar-refractivity contribution < 1.29 is 0 Å². The maximum Gasteiger partial charge on any atom is 0.0386 e. The Hall–Kier alpha value is -1.02. The van der Waals surface area contributed by atoms with Crippen LogP contribution in [0.4, 0.5) is 5.69 Å². The fourth-order valence-electron chi connectivity index (χ4n) is 2.37. The van der Waals surface area contributed by atoms with Gasteiger partial charge in [-0.3, -0.25) is 0 Å². The molecule has 16 heavy (non-hydrogen) atoms. The Labute approximate surface area is 98.7 Å². The summed E-state index contributed by atoms with van der Waals surface area (Å²) in [6.07, 6.45) is 2.42. The fourth-order valence-corrected chi connectivity index (χ4v) is 2.37. The molecule has 1 aromatic rings. The number of rotatable bonds is 3. The number of nitrogens with one attached hydrogen (secondary N) is 1. The highest BCUT2D eigenvalue weighted by Crippen LogP contribution is 2.19. The van der Waals surface area contributed by atoms with Gasteiger partial charge in [0.05, 0.1) is 0 Å². The first-order chi connectivity index (χ1) is 7.81. The molecule has 1 aliphatic rings. The number of hydrogen-bond donors (Lipinski definition) is 1. The highest BCUT2D eigenvalue weighted by Gasteiger charge is 2.17. The highest BCUT2D eigenvalue weighted by atomic mass is 15.2. The Kier molecular flexibility index (Phi) is 3.83. The number of benzene rings is 1. The molecule has 2 rings (SSSR count). The molecule has 1 fully saturated rings. The number of anilines is 1. The molecule has 88 valence electrons. The van der Waals surface area contributed by atoms with E-state index in [4.69, 9.17) is 0 Å². The van der Waals surface area contributed by atoms with Crippen LogP contribution < -0.4 is 10.2 Å². The smallest absolute Gasteiger partial charge is 0.0386 e. The summed E-state index contributed by atoms with van der Waals surface area (Å²) in [4.78, 5) is 2.49. The van der Waals surface area contributed by atoms with E-state index in [0.717, 1.165) is 19.6 Å². The predicted octanol–water partition coefficient (Wildman–Crippen LogP) is 2.44. The molecule has 1 aromatic carbocycles. The van der Waals surface area contributed by atoms with Crippen LogP contribution in [0.15, 0.2) is 24.3 Å². The number of nitrogens with zero attached hydrogens (tertiary/aromatic N) is 1. The van der Waals surface area contributed by atoms with E-state index in [1.807, 2.05) is 0 Å². The van der Waals surface area contributed by atoms with E-state index in [1.165, 1.54) is 24.1 Å². The van der Waals surface area contributed by atoms with Crippen LogP contribution in [-0.4, -0.2) is 25.7 Å². The lowest BCUT2D eigenvalue weighted by molar-refractivity contribution is 0.501. The molecule has 0 spiro atoms. The fraction of sp³-hybridized carbons (Fsp3) is 0.571. The van der Waals surface area contributed by atoms with E-state index in [0.29, 0.717) is 6.04 Å². The van der Waals surface area contributed by atoms with E-state index >= 15 is 0 Å². The molecule has 1 heterocycles. The molecule has 0 amide bonds. The van der Waals surface area contributed by atoms with Crippen LogP contribution in [0.1, 0.15) is 25.8 Å². The average molecular weight is 218 g/mol. The van der Waals surface area contributed by atoms with Crippen LogP contribution in [0.3, 0.4) is 0 Å². The third-order valence-corrected chi connectivity index (χ3v) is 3.31. The lowest BCUT2D eigenvalue weighted by Crippen LogP contribution is -2.49. The van der Waals surface area contributed by atoms with Crippen molar-refractivity contribution >= 4 is 5.69 Å². The Bertz CT molecular complexity index is 318. The van der Waals surface area contributed by atoms with Crippen molar-refractivity contribution in [2.24, 2.45) is 0 Å². The maximum absolute atomic E-state index is 3.42. The molecular weight excluding hydrogens is 196 g/mol. The molecule has 0 aromatic heterocycles. The average Bonchev–Trinajstić information content (AvgIpc) is 2.31. The van der Waals surface area contributed by atoms with Crippen molar-refractivity contribution in [3.8, 4) is 0 Å². The normalized spacial score (nSPS) is 21.1. The van der Waals surface area contributed by atoms with Crippen LogP contribution >= 0.6 is 0 Å². The van der Waals surface area contributed by atoms with E-state index in [2.05, 4.69) is 48.3 Å². The lowest BCUT2D eigenvalue weighted by Gasteiger charge is -2.36. The summed E-state index contributed by atoms with van der Waals surface area (Å²) in [7, 11) is 0. The minimum Gasteiger partial charge on any atom is -0.366 e. The van der Waals surface area contributed by atoms with Gasteiger partial charge in [0.1, 0.15) is 0 Å². The summed E-state index contributed by atoms with van der Waals surface area (Å²) >= 11 is 0. The Morgan fingerprint density at radius 2 is 2.06 bits per heavy atom. The van der Waals surface area contributed by atoms with Gasteiger partial charge >= 0.3 is 0 Å².